The van der Waals surface area contributed by atoms with E-state index in [9.17, 15) is 4.79 Å². The summed E-state index contributed by atoms with van der Waals surface area (Å²) in [5.74, 6) is 1.11. The third-order valence-corrected chi connectivity index (χ3v) is 6.87. The molecule has 1 fully saturated rings. The van der Waals surface area contributed by atoms with Crippen LogP contribution in [0.1, 0.15) is 35.4 Å². The molecule has 0 unspecified atom stereocenters. The van der Waals surface area contributed by atoms with E-state index in [1.165, 1.54) is 5.56 Å². The highest BCUT2D eigenvalue weighted by atomic mass is 16.2. The van der Waals surface area contributed by atoms with Gasteiger partial charge in [0.1, 0.15) is 12.1 Å². The quantitative estimate of drug-likeness (QED) is 0.457. The van der Waals surface area contributed by atoms with Crippen molar-refractivity contribution in [3.8, 4) is 5.69 Å². The number of amides is 1. The van der Waals surface area contributed by atoms with Crippen molar-refractivity contribution < 1.29 is 4.79 Å². The molecule has 1 aliphatic rings. The van der Waals surface area contributed by atoms with Crippen LogP contribution in [-0.4, -0.2) is 60.5 Å². The Hall–Kier alpha value is -3.75. The molecule has 34 heavy (non-hydrogen) atoms. The molecule has 1 saturated heterocycles. The van der Waals surface area contributed by atoms with Gasteiger partial charge in [-0.25, -0.2) is 4.68 Å². The van der Waals surface area contributed by atoms with E-state index in [1.807, 2.05) is 47.8 Å². The van der Waals surface area contributed by atoms with Crippen LogP contribution in [0, 0.1) is 26.7 Å². The minimum Gasteiger partial charge on any atom is -0.355 e. The molecule has 9 nitrogen and oxygen atoms in total. The van der Waals surface area contributed by atoms with Gasteiger partial charge in [-0.1, -0.05) is 18.2 Å². The first-order valence-electron chi connectivity index (χ1n) is 11.7. The van der Waals surface area contributed by atoms with Crippen molar-refractivity contribution in [1.82, 2.24) is 34.5 Å². The standard InChI is InChI=1S/C25H30N8O/c1-17-7-5-6-8-22(17)33-19(3)21(18(2)28-33)15-30(4)25(34)20-11-13-31(14-12-20)24-10-9-23-27-26-16-32(23)29-24/h5-10,16,20H,11-15H2,1-4H3. The van der Waals surface area contributed by atoms with Gasteiger partial charge in [0.15, 0.2) is 5.65 Å². The Morgan fingerprint density at radius 2 is 1.82 bits per heavy atom. The van der Waals surface area contributed by atoms with Crippen LogP contribution in [0.25, 0.3) is 11.3 Å². The zero-order chi connectivity index (χ0) is 23.8. The molecule has 0 spiro atoms. The third kappa shape index (κ3) is 4.02. The number of rotatable bonds is 5. The monoisotopic (exact) mass is 458 g/mol. The zero-order valence-electron chi connectivity index (χ0n) is 20.1. The summed E-state index contributed by atoms with van der Waals surface area (Å²) in [6.45, 7) is 8.36. The van der Waals surface area contributed by atoms with Crippen LogP contribution in [0.15, 0.2) is 42.7 Å². The lowest BCUT2D eigenvalue weighted by Crippen LogP contribution is -2.41. The molecule has 5 rings (SSSR count). The highest BCUT2D eigenvalue weighted by Gasteiger charge is 2.29. The fourth-order valence-corrected chi connectivity index (χ4v) is 4.81. The van der Waals surface area contributed by atoms with E-state index in [2.05, 4.69) is 46.2 Å². The Morgan fingerprint density at radius 1 is 1.06 bits per heavy atom. The van der Waals surface area contributed by atoms with Gasteiger partial charge in [-0.05, 0) is 57.4 Å². The van der Waals surface area contributed by atoms with Crippen molar-refractivity contribution in [1.29, 1.82) is 0 Å². The molecule has 1 aliphatic heterocycles. The molecule has 1 amide bonds. The van der Waals surface area contributed by atoms with Crippen molar-refractivity contribution in [2.75, 3.05) is 25.0 Å². The highest BCUT2D eigenvalue weighted by Crippen LogP contribution is 2.26. The largest absolute Gasteiger partial charge is 0.355 e. The molecule has 176 valence electrons. The van der Waals surface area contributed by atoms with Gasteiger partial charge >= 0.3 is 0 Å². The second kappa shape index (κ2) is 8.89. The molecule has 0 bridgehead atoms. The average molecular weight is 459 g/mol. The first-order chi connectivity index (χ1) is 16.4. The fraction of sp³-hybridized carbons (Fsp3) is 0.400. The number of aryl methyl sites for hydroxylation is 2. The number of nitrogens with zero attached hydrogens (tertiary/aromatic N) is 8. The lowest BCUT2D eigenvalue weighted by molar-refractivity contribution is -0.135. The summed E-state index contributed by atoms with van der Waals surface area (Å²) in [5.41, 5.74) is 6.14. The van der Waals surface area contributed by atoms with E-state index in [0.717, 1.165) is 60.0 Å². The predicted octanol–water partition coefficient (Wildman–Crippen LogP) is 3.11. The lowest BCUT2D eigenvalue weighted by Gasteiger charge is -2.33. The lowest BCUT2D eigenvalue weighted by atomic mass is 9.95. The van der Waals surface area contributed by atoms with Gasteiger partial charge in [0.05, 0.1) is 11.4 Å². The van der Waals surface area contributed by atoms with E-state index in [1.54, 1.807) is 10.8 Å². The Labute approximate surface area is 199 Å². The summed E-state index contributed by atoms with van der Waals surface area (Å²) in [7, 11) is 1.90. The van der Waals surface area contributed by atoms with Gasteiger partial charge in [-0.15, -0.1) is 15.3 Å². The van der Waals surface area contributed by atoms with Crippen molar-refractivity contribution in [2.24, 2.45) is 5.92 Å². The van der Waals surface area contributed by atoms with Gasteiger partial charge in [0, 0.05) is 43.9 Å². The molecular formula is C25H30N8O. The molecule has 0 N–H and O–H groups in total. The number of fused-ring (bicyclic) bond motifs is 1. The number of para-hydroxylation sites is 1. The maximum atomic E-state index is 13.3. The molecule has 4 aromatic rings. The number of hydrogen-bond donors (Lipinski definition) is 0. The van der Waals surface area contributed by atoms with E-state index in [-0.39, 0.29) is 11.8 Å². The number of benzene rings is 1. The SMILES string of the molecule is Cc1ccccc1-n1nc(C)c(CN(C)C(=O)C2CCN(c3ccc4nncn4n3)CC2)c1C. The van der Waals surface area contributed by atoms with Crippen LogP contribution in [0.2, 0.25) is 0 Å². The van der Waals surface area contributed by atoms with E-state index >= 15 is 0 Å². The van der Waals surface area contributed by atoms with Crippen molar-refractivity contribution >= 4 is 17.4 Å². The first-order valence-corrected chi connectivity index (χ1v) is 11.7. The minimum absolute atomic E-state index is 0.0203. The van der Waals surface area contributed by atoms with E-state index in [4.69, 9.17) is 5.10 Å². The summed E-state index contributed by atoms with van der Waals surface area (Å²) in [6, 6.07) is 12.1. The van der Waals surface area contributed by atoms with Crippen molar-refractivity contribution in [3.63, 3.8) is 0 Å². The van der Waals surface area contributed by atoms with Crippen LogP contribution < -0.4 is 4.90 Å². The highest BCUT2D eigenvalue weighted by molar-refractivity contribution is 5.79. The molecule has 9 heteroatoms. The molecule has 0 aliphatic carbocycles. The van der Waals surface area contributed by atoms with Crippen LogP contribution >= 0.6 is 0 Å². The molecular weight excluding hydrogens is 428 g/mol. The van der Waals surface area contributed by atoms with E-state index < -0.39 is 0 Å². The fourth-order valence-electron chi connectivity index (χ4n) is 4.81. The molecule has 0 saturated carbocycles. The summed E-state index contributed by atoms with van der Waals surface area (Å²) in [5, 5.41) is 17.3. The molecule has 4 heterocycles. The minimum atomic E-state index is 0.0203. The van der Waals surface area contributed by atoms with Gasteiger partial charge in [-0.3, -0.25) is 4.79 Å². The Kier molecular flexibility index (Phi) is 5.77. The Balaban J connectivity index is 1.24. The van der Waals surface area contributed by atoms with Crippen molar-refractivity contribution in [2.45, 2.75) is 40.2 Å². The summed E-state index contributed by atoms with van der Waals surface area (Å²) in [4.78, 5) is 17.4. The van der Waals surface area contributed by atoms with E-state index in [0.29, 0.717) is 6.54 Å². The molecule has 1 aromatic carbocycles. The zero-order valence-corrected chi connectivity index (χ0v) is 20.1. The normalized spacial score (nSPS) is 14.6. The predicted molar refractivity (Wildman–Crippen MR) is 130 cm³/mol. The topological polar surface area (TPSA) is 84.5 Å². The summed E-state index contributed by atoms with van der Waals surface area (Å²) < 4.78 is 3.68. The number of carbonyl (C=O) groups is 1. The van der Waals surface area contributed by atoms with Gasteiger partial charge in [0.2, 0.25) is 5.91 Å². The number of anilines is 1. The molecule has 0 radical (unpaired) electrons. The van der Waals surface area contributed by atoms with Crippen LogP contribution in [0.4, 0.5) is 5.82 Å². The Morgan fingerprint density at radius 3 is 2.59 bits per heavy atom. The van der Waals surface area contributed by atoms with Gasteiger partial charge in [0.25, 0.3) is 0 Å². The Bertz CT molecular complexity index is 1330. The molecule has 0 atom stereocenters. The second-order valence-electron chi connectivity index (χ2n) is 9.13. The maximum Gasteiger partial charge on any atom is 0.225 e. The molecule has 3 aromatic heterocycles. The first kappa shape index (κ1) is 22.1. The second-order valence-corrected chi connectivity index (χ2v) is 9.13. The third-order valence-electron chi connectivity index (χ3n) is 6.87. The number of hydrogen-bond acceptors (Lipinski definition) is 6. The van der Waals surface area contributed by atoms with Crippen LogP contribution in [0.3, 0.4) is 0 Å². The number of aromatic nitrogens is 6. The van der Waals surface area contributed by atoms with Gasteiger partial charge in [-0.2, -0.15) is 9.61 Å². The van der Waals surface area contributed by atoms with Crippen LogP contribution in [0.5, 0.6) is 0 Å². The summed E-state index contributed by atoms with van der Waals surface area (Å²) >= 11 is 0. The average Bonchev–Trinajstić information content (AvgIpc) is 3.43. The maximum absolute atomic E-state index is 13.3. The van der Waals surface area contributed by atoms with Gasteiger partial charge < -0.3 is 9.80 Å². The number of carbonyl (C=O) groups excluding carboxylic acids is 1. The van der Waals surface area contributed by atoms with Crippen LogP contribution in [-0.2, 0) is 11.3 Å². The number of piperidine rings is 1. The smallest absolute Gasteiger partial charge is 0.225 e. The summed E-state index contributed by atoms with van der Waals surface area (Å²) in [6.07, 6.45) is 3.23. The van der Waals surface area contributed by atoms with Crippen molar-refractivity contribution in [3.05, 3.63) is 65.2 Å².